The molecule has 2 aromatic carbocycles. The van der Waals surface area contributed by atoms with Crippen molar-refractivity contribution in [1.29, 1.82) is 0 Å². The van der Waals surface area contributed by atoms with Crippen molar-refractivity contribution in [3.63, 3.8) is 0 Å². The highest BCUT2D eigenvalue weighted by molar-refractivity contribution is 6.40. The van der Waals surface area contributed by atoms with Gasteiger partial charge in [-0.1, -0.05) is 46.9 Å². The van der Waals surface area contributed by atoms with E-state index in [9.17, 15) is 4.79 Å². The summed E-state index contributed by atoms with van der Waals surface area (Å²) in [5.74, 6) is 0.883. The third-order valence-corrected chi connectivity index (χ3v) is 5.60. The van der Waals surface area contributed by atoms with Gasteiger partial charge in [-0.2, -0.15) is 5.10 Å². The predicted octanol–water partition coefficient (Wildman–Crippen LogP) is 6.48. The van der Waals surface area contributed by atoms with Gasteiger partial charge >= 0.3 is 0 Å². The Morgan fingerprint density at radius 2 is 1.81 bits per heavy atom. The molecule has 162 valence electrons. The van der Waals surface area contributed by atoms with E-state index in [2.05, 4.69) is 5.10 Å². The normalized spacial score (nSPS) is 11.2. The number of carbonyl (C=O) groups is 1. The van der Waals surface area contributed by atoms with E-state index >= 15 is 0 Å². The summed E-state index contributed by atoms with van der Waals surface area (Å²) >= 11 is 18.3. The van der Waals surface area contributed by atoms with Crippen molar-refractivity contribution >= 4 is 46.7 Å². The van der Waals surface area contributed by atoms with Crippen LogP contribution >= 0.6 is 34.8 Å². The second-order valence-electron chi connectivity index (χ2n) is 6.93. The SMILES string of the molecule is COc1ccc(/C=C/C(=O)c2c(C)nn(C)c2C)cc1COc1c(Cl)cc(Cl)cc1Cl. The molecule has 0 aliphatic carbocycles. The number of carbonyl (C=O) groups excluding carboxylic acids is 1. The summed E-state index contributed by atoms with van der Waals surface area (Å²) in [6.07, 6.45) is 3.29. The number of hydrogen-bond acceptors (Lipinski definition) is 4. The molecule has 0 unspecified atom stereocenters. The topological polar surface area (TPSA) is 53.3 Å². The van der Waals surface area contributed by atoms with E-state index in [-0.39, 0.29) is 12.4 Å². The van der Waals surface area contributed by atoms with E-state index < -0.39 is 0 Å². The molecule has 3 aromatic rings. The van der Waals surface area contributed by atoms with Gasteiger partial charge in [0.15, 0.2) is 11.5 Å². The Labute approximate surface area is 196 Å². The molecule has 0 aliphatic heterocycles. The number of benzene rings is 2. The molecule has 1 heterocycles. The molecule has 0 spiro atoms. The lowest BCUT2D eigenvalue weighted by atomic mass is 10.1. The van der Waals surface area contributed by atoms with Gasteiger partial charge in [0.05, 0.1) is 28.4 Å². The number of methoxy groups -OCH3 is 1. The van der Waals surface area contributed by atoms with Crippen molar-refractivity contribution in [1.82, 2.24) is 9.78 Å². The molecule has 0 radical (unpaired) electrons. The average molecular weight is 480 g/mol. The zero-order chi connectivity index (χ0) is 22.7. The maximum atomic E-state index is 12.7. The van der Waals surface area contributed by atoms with Crippen LogP contribution in [0.5, 0.6) is 11.5 Å². The van der Waals surface area contributed by atoms with E-state index in [1.807, 2.05) is 39.1 Å². The predicted molar refractivity (Wildman–Crippen MR) is 125 cm³/mol. The second-order valence-corrected chi connectivity index (χ2v) is 8.18. The summed E-state index contributed by atoms with van der Waals surface area (Å²) in [7, 11) is 3.39. The Morgan fingerprint density at radius 3 is 2.39 bits per heavy atom. The summed E-state index contributed by atoms with van der Waals surface area (Å²) in [6, 6.07) is 8.68. The first-order valence-corrected chi connectivity index (χ1v) is 10.5. The average Bonchev–Trinajstić information content (AvgIpc) is 2.97. The van der Waals surface area contributed by atoms with Crippen LogP contribution < -0.4 is 9.47 Å². The van der Waals surface area contributed by atoms with Gasteiger partial charge in [0.1, 0.15) is 12.4 Å². The highest BCUT2D eigenvalue weighted by Gasteiger charge is 2.15. The molecule has 0 fully saturated rings. The number of aryl methyl sites for hydroxylation is 2. The van der Waals surface area contributed by atoms with Crippen LogP contribution in [0.25, 0.3) is 6.08 Å². The van der Waals surface area contributed by atoms with Gasteiger partial charge in [-0.3, -0.25) is 9.48 Å². The molecule has 0 saturated heterocycles. The van der Waals surface area contributed by atoms with E-state index in [0.717, 1.165) is 16.8 Å². The maximum Gasteiger partial charge on any atom is 0.189 e. The number of hydrogen-bond donors (Lipinski definition) is 0. The summed E-state index contributed by atoms with van der Waals surface area (Å²) in [5.41, 5.74) is 3.74. The van der Waals surface area contributed by atoms with E-state index in [1.54, 1.807) is 30.0 Å². The van der Waals surface area contributed by atoms with Crippen LogP contribution in [0, 0.1) is 13.8 Å². The van der Waals surface area contributed by atoms with Crippen molar-refractivity contribution < 1.29 is 14.3 Å². The van der Waals surface area contributed by atoms with Crippen LogP contribution in [0.15, 0.2) is 36.4 Å². The van der Waals surface area contributed by atoms with Crippen LogP contribution in [0.3, 0.4) is 0 Å². The molecule has 0 amide bonds. The smallest absolute Gasteiger partial charge is 0.189 e. The lowest BCUT2D eigenvalue weighted by Gasteiger charge is -2.13. The third kappa shape index (κ3) is 5.24. The minimum Gasteiger partial charge on any atom is -0.496 e. The molecule has 0 aliphatic rings. The fraction of sp³-hybridized carbons (Fsp3) is 0.217. The highest BCUT2D eigenvalue weighted by Crippen LogP contribution is 2.36. The van der Waals surface area contributed by atoms with Gasteiger partial charge in [0, 0.05) is 23.3 Å². The van der Waals surface area contributed by atoms with Crippen molar-refractivity contribution in [2.24, 2.45) is 7.05 Å². The molecule has 0 atom stereocenters. The lowest BCUT2D eigenvalue weighted by Crippen LogP contribution is -2.01. The number of halogens is 3. The minimum absolute atomic E-state index is 0.101. The van der Waals surface area contributed by atoms with Crippen molar-refractivity contribution in [2.75, 3.05) is 7.11 Å². The molecule has 0 N–H and O–H groups in total. The second kappa shape index (κ2) is 9.77. The zero-order valence-corrected chi connectivity index (χ0v) is 19.8. The van der Waals surface area contributed by atoms with Crippen LogP contribution in [0.1, 0.15) is 32.9 Å². The van der Waals surface area contributed by atoms with Gasteiger partial charge < -0.3 is 9.47 Å². The van der Waals surface area contributed by atoms with Crippen LogP contribution in [0.2, 0.25) is 15.1 Å². The Bertz CT molecular complexity index is 1150. The zero-order valence-electron chi connectivity index (χ0n) is 17.5. The first kappa shape index (κ1) is 23.2. The Balaban J connectivity index is 1.82. The van der Waals surface area contributed by atoms with Gasteiger partial charge in [0.2, 0.25) is 0 Å². The van der Waals surface area contributed by atoms with Gasteiger partial charge in [-0.05, 0) is 49.8 Å². The first-order chi connectivity index (χ1) is 14.7. The van der Waals surface area contributed by atoms with Crippen LogP contribution in [-0.2, 0) is 13.7 Å². The van der Waals surface area contributed by atoms with Crippen molar-refractivity contribution in [2.45, 2.75) is 20.5 Å². The fourth-order valence-corrected chi connectivity index (χ4v) is 4.14. The van der Waals surface area contributed by atoms with E-state index in [0.29, 0.717) is 37.8 Å². The van der Waals surface area contributed by atoms with E-state index in [4.69, 9.17) is 44.3 Å². The number of ether oxygens (including phenoxy) is 2. The van der Waals surface area contributed by atoms with Crippen molar-refractivity contribution in [3.05, 3.63) is 79.6 Å². The lowest BCUT2D eigenvalue weighted by molar-refractivity contribution is 0.104. The van der Waals surface area contributed by atoms with Gasteiger partial charge in [-0.15, -0.1) is 0 Å². The largest absolute Gasteiger partial charge is 0.496 e. The fourth-order valence-electron chi connectivity index (χ4n) is 3.22. The summed E-state index contributed by atoms with van der Waals surface area (Å²) in [4.78, 5) is 12.7. The summed E-state index contributed by atoms with van der Waals surface area (Å²) in [5, 5.41) is 5.36. The standard InChI is InChI=1S/C23H21Cl3N2O3/c1-13-22(14(2)28(3)27-13)20(29)7-5-15-6-8-21(30-4)16(9-15)12-31-23-18(25)10-17(24)11-19(23)26/h5-11H,12H2,1-4H3/b7-5+. The number of nitrogens with zero attached hydrogens (tertiary/aromatic N) is 2. The van der Waals surface area contributed by atoms with Gasteiger partial charge in [0.25, 0.3) is 0 Å². The number of aromatic nitrogens is 2. The number of allylic oxidation sites excluding steroid dienone is 1. The minimum atomic E-state index is -0.101. The molecule has 5 nitrogen and oxygen atoms in total. The molecule has 1 aromatic heterocycles. The quantitative estimate of drug-likeness (QED) is 0.287. The summed E-state index contributed by atoms with van der Waals surface area (Å²) in [6.45, 7) is 3.86. The molecule has 31 heavy (non-hydrogen) atoms. The van der Waals surface area contributed by atoms with Crippen LogP contribution in [-0.4, -0.2) is 22.7 Å². The molecular formula is C23H21Cl3N2O3. The molecule has 3 rings (SSSR count). The Kier molecular flexibility index (Phi) is 7.31. The van der Waals surface area contributed by atoms with E-state index in [1.165, 1.54) is 6.08 Å². The monoisotopic (exact) mass is 478 g/mol. The Morgan fingerprint density at radius 1 is 1.13 bits per heavy atom. The van der Waals surface area contributed by atoms with Gasteiger partial charge in [-0.25, -0.2) is 0 Å². The molecular weight excluding hydrogens is 459 g/mol. The number of rotatable bonds is 7. The Hall–Kier alpha value is -2.47. The molecule has 8 heteroatoms. The summed E-state index contributed by atoms with van der Waals surface area (Å²) < 4.78 is 13.0. The highest BCUT2D eigenvalue weighted by atomic mass is 35.5. The number of ketones is 1. The van der Waals surface area contributed by atoms with Crippen LogP contribution in [0.4, 0.5) is 0 Å². The van der Waals surface area contributed by atoms with Crippen molar-refractivity contribution in [3.8, 4) is 11.5 Å². The molecule has 0 bridgehead atoms. The molecule has 0 saturated carbocycles. The first-order valence-electron chi connectivity index (χ1n) is 9.38. The maximum absolute atomic E-state index is 12.7. The third-order valence-electron chi connectivity index (χ3n) is 4.82.